The predicted molar refractivity (Wildman–Crippen MR) is 112 cm³/mol. The van der Waals surface area contributed by atoms with Crippen LogP contribution in [0.1, 0.15) is 33.3 Å². The number of amides is 2. The molecule has 1 heterocycles. The Balaban J connectivity index is 1.87. The van der Waals surface area contributed by atoms with Gasteiger partial charge in [0.15, 0.2) is 0 Å². The number of rotatable bonds is 5. The molecule has 0 unspecified atom stereocenters. The molecule has 0 fully saturated rings. The van der Waals surface area contributed by atoms with Crippen molar-refractivity contribution in [2.75, 3.05) is 11.9 Å². The van der Waals surface area contributed by atoms with Gasteiger partial charge in [-0.05, 0) is 44.2 Å². The molecule has 2 N–H and O–H groups in total. The van der Waals surface area contributed by atoms with E-state index < -0.39 is 0 Å². The van der Waals surface area contributed by atoms with Crippen molar-refractivity contribution in [1.82, 2.24) is 10.3 Å². The number of halogens is 1. The first-order valence-electron chi connectivity index (χ1n) is 8.91. The molecule has 0 saturated heterocycles. The summed E-state index contributed by atoms with van der Waals surface area (Å²) in [6.07, 6.45) is 0. The molecule has 2 aromatic carbocycles. The number of aromatic nitrogens is 1. The second kappa shape index (κ2) is 8.67. The second-order valence-electron chi connectivity index (χ2n) is 6.20. The quantitative estimate of drug-likeness (QED) is 0.659. The van der Waals surface area contributed by atoms with Gasteiger partial charge in [0.2, 0.25) is 0 Å². The maximum atomic E-state index is 12.8. The first-order chi connectivity index (χ1) is 13.5. The smallest absolute Gasteiger partial charge is 0.257 e. The van der Waals surface area contributed by atoms with Gasteiger partial charge in [-0.2, -0.15) is 0 Å². The van der Waals surface area contributed by atoms with E-state index in [0.29, 0.717) is 34.1 Å². The van der Waals surface area contributed by atoms with Gasteiger partial charge in [-0.15, -0.1) is 0 Å². The van der Waals surface area contributed by atoms with Crippen molar-refractivity contribution >= 4 is 29.1 Å². The third-order valence-corrected chi connectivity index (χ3v) is 4.45. The summed E-state index contributed by atoms with van der Waals surface area (Å²) in [6.45, 7) is 4.08. The molecule has 0 bridgehead atoms. The minimum absolute atomic E-state index is 0.297. The minimum Gasteiger partial charge on any atom is -0.352 e. The largest absolute Gasteiger partial charge is 0.352 e. The Morgan fingerprint density at radius 3 is 2.39 bits per heavy atom. The normalized spacial score (nSPS) is 10.4. The van der Waals surface area contributed by atoms with Gasteiger partial charge in [-0.1, -0.05) is 41.9 Å². The van der Waals surface area contributed by atoms with Crippen LogP contribution in [-0.4, -0.2) is 23.3 Å². The Hall–Kier alpha value is -3.18. The van der Waals surface area contributed by atoms with Crippen LogP contribution in [0.25, 0.3) is 11.3 Å². The lowest BCUT2D eigenvalue weighted by atomic mass is 10.1. The third-order valence-electron chi connectivity index (χ3n) is 4.21. The summed E-state index contributed by atoms with van der Waals surface area (Å²) in [5, 5.41) is 5.93. The fraction of sp³-hybridized carbons (Fsp3) is 0.136. The van der Waals surface area contributed by atoms with Crippen LogP contribution in [-0.2, 0) is 0 Å². The lowest BCUT2D eigenvalue weighted by Gasteiger charge is -2.13. The number of pyridine rings is 1. The highest BCUT2D eigenvalue weighted by atomic mass is 35.5. The van der Waals surface area contributed by atoms with Crippen LogP contribution in [0.15, 0.2) is 60.7 Å². The molecule has 142 valence electrons. The van der Waals surface area contributed by atoms with Crippen LogP contribution in [0.2, 0.25) is 5.02 Å². The molecule has 0 aliphatic heterocycles. The van der Waals surface area contributed by atoms with E-state index >= 15 is 0 Å². The lowest BCUT2D eigenvalue weighted by Crippen LogP contribution is -2.25. The number of carbonyl (C=O) groups is 2. The summed E-state index contributed by atoms with van der Waals surface area (Å²) in [7, 11) is 0. The molecule has 5 nitrogen and oxygen atoms in total. The van der Waals surface area contributed by atoms with E-state index in [2.05, 4.69) is 15.6 Å². The molecule has 3 rings (SSSR count). The van der Waals surface area contributed by atoms with Crippen LogP contribution in [0, 0.1) is 6.92 Å². The summed E-state index contributed by atoms with van der Waals surface area (Å²) < 4.78 is 0. The molecular formula is C22H20ClN3O2. The summed E-state index contributed by atoms with van der Waals surface area (Å²) in [5.41, 5.74) is 3.53. The van der Waals surface area contributed by atoms with E-state index in [1.54, 1.807) is 25.1 Å². The van der Waals surface area contributed by atoms with E-state index in [1.165, 1.54) is 6.07 Å². The second-order valence-corrected chi connectivity index (χ2v) is 6.64. The molecule has 0 aliphatic carbocycles. The van der Waals surface area contributed by atoms with Crippen molar-refractivity contribution in [2.24, 2.45) is 0 Å². The highest BCUT2D eigenvalue weighted by Crippen LogP contribution is 2.23. The lowest BCUT2D eigenvalue weighted by molar-refractivity contribution is 0.0956. The van der Waals surface area contributed by atoms with Gasteiger partial charge in [-0.25, -0.2) is 0 Å². The van der Waals surface area contributed by atoms with Crippen molar-refractivity contribution < 1.29 is 9.59 Å². The Labute approximate surface area is 168 Å². The predicted octanol–water partition coefficient (Wildman–Crippen LogP) is 4.71. The summed E-state index contributed by atoms with van der Waals surface area (Å²) in [5.74, 6) is -0.632. The van der Waals surface area contributed by atoms with Gasteiger partial charge >= 0.3 is 0 Å². The van der Waals surface area contributed by atoms with Gasteiger partial charge in [0.05, 0.1) is 28.2 Å². The average Bonchev–Trinajstić information content (AvgIpc) is 2.70. The van der Waals surface area contributed by atoms with Crippen LogP contribution >= 0.6 is 11.6 Å². The maximum Gasteiger partial charge on any atom is 0.257 e. The van der Waals surface area contributed by atoms with Gasteiger partial charge < -0.3 is 10.6 Å². The number of carbonyl (C=O) groups excluding carboxylic acids is 2. The monoisotopic (exact) mass is 393 g/mol. The molecule has 0 saturated carbocycles. The number of anilines is 1. The zero-order valence-corrected chi connectivity index (χ0v) is 16.4. The maximum absolute atomic E-state index is 12.8. The van der Waals surface area contributed by atoms with Crippen molar-refractivity contribution in [3.8, 4) is 11.3 Å². The molecule has 0 atom stereocenters. The van der Waals surface area contributed by atoms with Crippen molar-refractivity contribution in [1.29, 1.82) is 0 Å². The first-order valence-corrected chi connectivity index (χ1v) is 9.29. The SMILES string of the molecule is CCNC(=O)c1cc(Cl)ccc1NC(=O)c1ccc(-c2ccccc2)nc1C. The first kappa shape index (κ1) is 19.6. The average molecular weight is 394 g/mol. The van der Waals surface area contributed by atoms with Crippen molar-refractivity contribution in [3.63, 3.8) is 0 Å². The topological polar surface area (TPSA) is 71.1 Å². The van der Waals surface area contributed by atoms with Crippen LogP contribution in [0.3, 0.4) is 0 Å². The highest BCUT2D eigenvalue weighted by molar-refractivity contribution is 6.31. The Kier molecular flexibility index (Phi) is 6.06. The van der Waals surface area contributed by atoms with Gasteiger partial charge in [0.1, 0.15) is 0 Å². The molecule has 2 amide bonds. The van der Waals surface area contributed by atoms with E-state index in [1.807, 2.05) is 43.3 Å². The van der Waals surface area contributed by atoms with Gasteiger partial charge in [-0.3, -0.25) is 14.6 Å². The number of nitrogens with one attached hydrogen (secondary N) is 2. The Morgan fingerprint density at radius 2 is 1.71 bits per heavy atom. The van der Waals surface area contributed by atoms with Crippen LogP contribution in [0.4, 0.5) is 5.69 Å². The minimum atomic E-state index is -0.336. The molecule has 0 radical (unpaired) electrons. The standard InChI is InChI=1S/C22H20ClN3O2/c1-3-24-21(27)18-13-16(23)9-11-20(18)26-22(28)17-10-12-19(25-14(17)2)15-7-5-4-6-8-15/h4-13H,3H2,1-2H3,(H,24,27)(H,26,28). The molecule has 0 spiro atoms. The number of hydrogen-bond acceptors (Lipinski definition) is 3. The molecule has 3 aromatic rings. The fourth-order valence-electron chi connectivity index (χ4n) is 2.83. The number of benzene rings is 2. The van der Waals surface area contributed by atoms with Gasteiger partial charge in [0.25, 0.3) is 11.8 Å². The highest BCUT2D eigenvalue weighted by Gasteiger charge is 2.17. The van der Waals surface area contributed by atoms with Crippen molar-refractivity contribution in [2.45, 2.75) is 13.8 Å². The van der Waals surface area contributed by atoms with E-state index in [9.17, 15) is 9.59 Å². The number of hydrogen-bond donors (Lipinski definition) is 2. The van der Waals surface area contributed by atoms with Crippen LogP contribution < -0.4 is 10.6 Å². The van der Waals surface area contributed by atoms with E-state index in [-0.39, 0.29) is 11.8 Å². The van der Waals surface area contributed by atoms with Crippen LogP contribution in [0.5, 0.6) is 0 Å². The number of nitrogens with zero attached hydrogens (tertiary/aromatic N) is 1. The molecule has 28 heavy (non-hydrogen) atoms. The Morgan fingerprint density at radius 1 is 0.964 bits per heavy atom. The van der Waals surface area contributed by atoms with E-state index in [4.69, 9.17) is 11.6 Å². The fourth-order valence-corrected chi connectivity index (χ4v) is 3.00. The molecular weight excluding hydrogens is 374 g/mol. The molecule has 1 aromatic heterocycles. The number of aryl methyl sites for hydroxylation is 1. The van der Waals surface area contributed by atoms with Gasteiger partial charge in [0, 0.05) is 17.1 Å². The summed E-state index contributed by atoms with van der Waals surface area (Å²) in [6, 6.07) is 18.1. The third kappa shape index (κ3) is 4.38. The molecule has 0 aliphatic rings. The zero-order valence-electron chi connectivity index (χ0n) is 15.6. The van der Waals surface area contributed by atoms with E-state index in [0.717, 1.165) is 11.3 Å². The van der Waals surface area contributed by atoms with Crippen molar-refractivity contribution in [3.05, 3.63) is 82.5 Å². The zero-order chi connectivity index (χ0) is 20.1. The Bertz CT molecular complexity index is 1020. The molecule has 6 heteroatoms. The summed E-state index contributed by atoms with van der Waals surface area (Å²) >= 11 is 6.01. The summed E-state index contributed by atoms with van der Waals surface area (Å²) in [4.78, 5) is 29.6.